The van der Waals surface area contributed by atoms with Gasteiger partial charge in [0.1, 0.15) is 23.1 Å². The van der Waals surface area contributed by atoms with Gasteiger partial charge in [0.15, 0.2) is 0 Å². The first kappa shape index (κ1) is 14.7. The highest BCUT2D eigenvalue weighted by atomic mass is 79.9. The summed E-state index contributed by atoms with van der Waals surface area (Å²) in [6, 6.07) is 18.2. The Morgan fingerprint density at radius 3 is 2.18 bits per heavy atom. The van der Waals surface area contributed by atoms with Gasteiger partial charge in [-0.05, 0) is 57.9 Å². The van der Waals surface area contributed by atoms with E-state index in [-0.39, 0.29) is 0 Å². The van der Waals surface area contributed by atoms with Gasteiger partial charge in [-0.1, -0.05) is 24.3 Å². The van der Waals surface area contributed by atoms with E-state index in [0.29, 0.717) is 27.1 Å². The topological polar surface area (TPSA) is 9.23 Å². The maximum absolute atomic E-state index is 14.3. The SMILES string of the molecule is Fc1cc(-c2ccc(Oc3ccccc3)cc2F)ccc1Br. The zero-order chi connectivity index (χ0) is 15.5. The highest BCUT2D eigenvalue weighted by Crippen LogP contribution is 2.30. The van der Waals surface area contributed by atoms with E-state index in [1.807, 2.05) is 18.2 Å². The molecule has 0 spiro atoms. The smallest absolute Gasteiger partial charge is 0.137 e. The molecule has 0 aliphatic heterocycles. The zero-order valence-corrected chi connectivity index (χ0v) is 13.0. The van der Waals surface area contributed by atoms with E-state index < -0.39 is 11.6 Å². The average Bonchev–Trinajstić information content (AvgIpc) is 2.51. The lowest BCUT2D eigenvalue weighted by atomic mass is 10.0. The van der Waals surface area contributed by atoms with E-state index >= 15 is 0 Å². The van der Waals surface area contributed by atoms with E-state index in [4.69, 9.17) is 4.74 Å². The van der Waals surface area contributed by atoms with Crippen LogP contribution in [-0.2, 0) is 0 Å². The lowest BCUT2D eigenvalue weighted by Crippen LogP contribution is -1.89. The molecule has 0 amide bonds. The predicted octanol–water partition coefficient (Wildman–Crippen LogP) is 6.19. The van der Waals surface area contributed by atoms with Crippen molar-refractivity contribution in [3.8, 4) is 22.6 Å². The van der Waals surface area contributed by atoms with Gasteiger partial charge in [0.25, 0.3) is 0 Å². The van der Waals surface area contributed by atoms with E-state index in [1.54, 1.807) is 36.4 Å². The number of benzene rings is 3. The summed E-state index contributed by atoms with van der Waals surface area (Å²) in [5, 5.41) is 0. The van der Waals surface area contributed by atoms with Crippen molar-refractivity contribution in [2.24, 2.45) is 0 Å². The van der Waals surface area contributed by atoms with E-state index in [9.17, 15) is 8.78 Å². The molecule has 110 valence electrons. The first-order valence-corrected chi connectivity index (χ1v) is 7.40. The molecule has 0 unspecified atom stereocenters. The Hall–Kier alpha value is -2.20. The number of hydrogen-bond acceptors (Lipinski definition) is 1. The van der Waals surface area contributed by atoms with Gasteiger partial charge < -0.3 is 4.74 Å². The van der Waals surface area contributed by atoms with Crippen molar-refractivity contribution < 1.29 is 13.5 Å². The Morgan fingerprint density at radius 1 is 0.727 bits per heavy atom. The van der Waals surface area contributed by atoms with Crippen LogP contribution < -0.4 is 4.74 Å². The van der Waals surface area contributed by atoms with Gasteiger partial charge in [-0.3, -0.25) is 0 Å². The fourth-order valence-corrected chi connectivity index (χ4v) is 2.33. The summed E-state index contributed by atoms with van der Waals surface area (Å²) >= 11 is 3.08. The second-order valence-electron chi connectivity index (χ2n) is 4.69. The molecular formula is C18H11BrF2O. The minimum atomic E-state index is -0.463. The third kappa shape index (κ3) is 3.17. The molecule has 0 saturated heterocycles. The molecule has 1 nitrogen and oxygen atoms in total. The molecule has 0 heterocycles. The molecule has 0 bridgehead atoms. The second kappa shape index (κ2) is 6.28. The van der Waals surface area contributed by atoms with Crippen LogP contribution in [0, 0.1) is 11.6 Å². The van der Waals surface area contributed by atoms with E-state index in [0.717, 1.165) is 0 Å². The number of rotatable bonds is 3. The minimum Gasteiger partial charge on any atom is -0.457 e. The van der Waals surface area contributed by atoms with Crippen LogP contribution in [0.15, 0.2) is 71.2 Å². The summed E-state index contributed by atoms with van der Waals surface area (Å²) in [5.41, 5.74) is 0.802. The van der Waals surface area contributed by atoms with Crippen LogP contribution in [0.4, 0.5) is 8.78 Å². The highest BCUT2D eigenvalue weighted by Gasteiger charge is 2.09. The normalized spacial score (nSPS) is 10.5. The van der Waals surface area contributed by atoms with Crippen molar-refractivity contribution in [2.45, 2.75) is 0 Å². The van der Waals surface area contributed by atoms with Crippen LogP contribution in [0.25, 0.3) is 11.1 Å². The Balaban J connectivity index is 1.90. The molecule has 0 radical (unpaired) electrons. The van der Waals surface area contributed by atoms with Crippen molar-refractivity contribution in [3.05, 3.63) is 82.8 Å². The summed E-state index contributed by atoms with van der Waals surface area (Å²) in [6.45, 7) is 0. The van der Waals surface area contributed by atoms with Crippen molar-refractivity contribution in [2.75, 3.05) is 0 Å². The van der Waals surface area contributed by atoms with Crippen LogP contribution in [0.3, 0.4) is 0 Å². The van der Waals surface area contributed by atoms with Crippen molar-refractivity contribution in [1.82, 2.24) is 0 Å². The summed E-state index contributed by atoms with van der Waals surface area (Å²) in [5.74, 6) is 0.131. The first-order chi connectivity index (χ1) is 10.6. The summed E-state index contributed by atoms with van der Waals surface area (Å²) in [6.07, 6.45) is 0. The van der Waals surface area contributed by atoms with Gasteiger partial charge in [0, 0.05) is 11.6 Å². The molecule has 0 N–H and O–H groups in total. The van der Waals surface area contributed by atoms with E-state index in [1.165, 1.54) is 12.1 Å². The minimum absolute atomic E-state index is 0.326. The molecular weight excluding hydrogens is 350 g/mol. The number of ether oxygens (including phenoxy) is 1. The van der Waals surface area contributed by atoms with Crippen LogP contribution >= 0.6 is 15.9 Å². The molecule has 22 heavy (non-hydrogen) atoms. The predicted molar refractivity (Wildman–Crippen MR) is 86.0 cm³/mol. The van der Waals surface area contributed by atoms with Crippen LogP contribution in [0.5, 0.6) is 11.5 Å². The molecule has 0 fully saturated rings. The molecule has 3 aromatic rings. The Labute approximate surface area is 135 Å². The van der Waals surface area contributed by atoms with Crippen molar-refractivity contribution >= 4 is 15.9 Å². The lowest BCUT2D eigenvalue weighted by molar-refractivity contribution is 0.477. The Morgan fingerprint density at radius 2 is 1.50 bits per heavy atom. The Bertz CT molecular complexity index is 803. The second-order valence-corrected chi connectivity index (χ2v) is 5.54. The molecule has 4 heteroatoms. The van der Waals surface area contributed by atoms with Crippen molar-refractivity contribution in [1.29, 1.82) is 0 Å². The van der Waals surface area contributed by atoms with Gasteiger partial charge in [-0.15, -0.1) is 0 Å². The lowest BCUT2D eigenvalue weighted by Gasteiger charge is -2.09. The van der Waals surface area contributed by atoms with Crippen molar-refractivity contribution in [3.63, 3.8) is 0 Å². The van der Waals surface area contributed by atoms with Crippen LogP contribution in [-0.4, -0.2) is 0 Å². The molecule has 3 rings (SSSR count). The van der Waals surface area contributed by atoms with Crippen LogP contribution in [0.2, 0.25) is 0 Å². The Kier molecular flexibility index (Phi) is 4.20. The van der Waals surface area contributed by atoms with Crippen LogP contribution in [0.1, 0.15) is 0 Å². The van der Waals surface area contributed by atoms with Gasteiger partial charge in [0.2, 0.25) is 0 Å². The summed E-state index contributed by atoms with van der Waals surface area (Å²) in [7, 11) is 0. The average molecular weight is 361 g/mol. The van der Waals surface area contributed by atoms with Gasteiger partial charge in [-0.2, -0.15) is 0 Å². The monoisotopic (exact) mass is 360 g/mol. The molecule has 3 aromatic carbocycles. The van der Waals surface area contributed by atoms with Gasteiger partial charge in [0.05, 0.1) is 4.47 Å². The third-order valence-corrected chi connectivity index (χ3v) is 3.79. The molecule has 0 aliphatic carbocycles. The number of halogens is 3. The quantitative estimate of drug-likeness (QED) is 0.541. The molecule has 0 saturated carbocycles. The van der Waals surface area contributed by atoms with E-state index in [2.05, 4.69) is 15.9 Å². The number of para-hydroxylation sites is 1. The highest BCUT2D eigenvalue weighted by molar-refractivity contribution is 9.10. The summed E-state index contributed by atoms with van der Waals surface area (Å²) in [4.78, 5) is 0. The third-order valence-electron chi connectivity index (χ3n) is 3.15. The maximum Gasteiger partial charge on any atom is 0.137 e. The fraction of sp³-hybridized carbons (Fsp3) is 0. The molecule has 0 atom stereocenters. The fourth-order valence-electron chi connectivity index (χ4n) is 2.08. The molecule has 0 aliphatic rings. The van der Waals surface area contributed by atoms with Gasteiger partial charge >= 0.3 is 0 Å². The molecule has 0 aromatic heterocycles. The van der Waals surface area contributed by atoms with Gasteiger partial charge in [-0.25, -0.2) is 8.78 Å². The largest absolute Gasteiger partial charge is 0.457 e. The standard InChI is InChI=1S/C18H11BrF2O/c19-16-9-6-12(10-18(16)21)15-8-7-14(11-17(15)20)22-13-4-2-1-3-5-13/h1-11H. The maximum atomic E-state index is 14.3. The summed E-state index contributed by atoms with van der Waals surface area (Å²) < 4.78 is 33.7. The first-order valence-electron chi connectivity index (χ1n) is 6.61. The number of hydrogen-bond donors (Lipinski definition) is 0. The zero-order valence-electron chi connectivity index (χ0n) is 11.4.